The van der Waals surface area contributed by atoms with Crippen LogP contribution in [0.4, 0.5) is 5.69 Å². The van der Waals surface area contributed by atoms with Gasteiger partial charge < -0.3 is 4.42 Å². The Morgan fingerprint density at radius 2 is 1.58 bits per heavy atom. The van der Waals surface area contributed by atoms with Gasteiger partial charge in [-0.25, -0.2) is 4.85 Å². The van der Waals surface area contributed by atoms with E-state index in [0.29, 0.717) is 39.7 Å². The minimum atomic E-state index is -1.93. The third-order valence-electron chi connectivity index (χ3n) is 7.11. The normalized spacial score (nSPS) is 13.9. The summed E-state index contributed by atoms with van der Waals surface area (Å²) in [6.45, 7) is 21.3. The van der Waals surface area contributed by atoms with Gasteiger partial charge in [0.1, 0.15) is 18.2 Å². The molecule has 3 nitrogen and oxygen atoms in total. The number of nitrogens with zero attached hydrogens (tertiary/aromatic N) is 2. The fraction of sp³-hybridized carbons (Fsp3) is 0.314. The first-order valence-corrected chi connectivity index (χ1v) is 13.1. The Morgan fingerprint density at radius 1 is 0.947 bits per heavy atom. The average molecular weight is 506 g/mol. The Morgan fingerprint density at radius 3 is 2.18 bits per heavy atom. The first kappa shape index (κ1) is 21.1. The van der Waals surface area contributed by atoms with Gasteiger partial charge in [-0.3, -0.25) is 0 Å². The molecule has 0 aliphatic rings. The van der Waals surface area contributed by atoms with Crippen LogP contribution in [-0.2, 0) is 13.4 Å². The maximum absolute atomic E-state index is 9.34. The molecule has 0 saturated carbocycles. The maximum atomic E-state index is 9.34. The molecule has 0 N–H and O–H groups in total. The van der Waals surface area contributed by atoms with E-state index < -0.39 is 11.8 Å². The molecule has 0 spiro atoms. The number of hydrogen-bond acceptors (Lipinski definition) is 1. The molecule has 0 aliphatic carbocycles. The van der Waals surface area contributed by atoms with Crippen LogP contribution in [-0.4, -0.2) is 0 Å². The average Bonchev–Trinajstić information content (AvgIpc) is 3.30. The van der Waals surface area contributed by atoms with Crippen LogP contribution in [0.3, 0.4) is 0 Å². The number of furan rings is 1. The Balaban J connectivity index is 1.90. The predicted octanol–water partition coefficient (Wildman–Crippen LogP) is 9.62. The quantitative estimate of drug-likeness (QED) is 0.176. The molecule has 2 heterocycles. The lowest BCUT2D eigenvalue weighted by Gasteiger charge is -2.18. The molecular weight excluding hydrogens is 464 g/mol. The summed E-state index contributed by atoms with van der Waals surface area (Å²) in [6.07, 6.45) is -1.93. The van der Waals surface area contributed by atoms with Crippen LogP contribution >= 0.6 is 0 Å². The van der Waals surface area contributed by atoms with Gasteiger partial charge in [-0.2, -0.15) is 4.57 Å². The topological polar surface area (TPSA) is 21.4 Å². The van der Waals surface area contributed by atoms with Gasteiger partial charge in [-0.15, -0.1) is 0 Å². The lowest BCUT2D eigenvalue weighted by molar-refractivity contribution is -0.666. The van der Waals surface area contributed by atoms with E-state index in [1.165, 1.54) is 5.56 Å². The van der Waals surface area contributed by atoms with Crippen molar-refractivity contribution in [1.29, 1.82) is 0 Å². The third-order valence-corrected chi connectivity index (χ3v) is 7.11. The van der Waals surface area contributed by atoms with E-state index in [9.17, 15) is 1.37 Å². The van der Waals surface area contributed by atoms with E-state index in [4.69, 9.17) is 15.1 Å². The van der Waals surface area contributed by atoms with Crippen LogP contribution in [0, 0.1) is 25.8 Å². The molecule has 0 aliphatic heterocycles. The van der Waals surface area contributed by atoms with Crippen LogP contribution in [0.1, 0.15) is 68.4 Å². The zero-order valence-electron chi connectivity index (χ0n) is 27.5. The first-order chi connectivity index (χ1) is 19.6. The number of aromatic nitrogens is 1. The standard InChI is InChI=1S/C35H37N2O/c1-21(2)25-11-13-26(14-12-25)32-29(36-8)17-16-28-27-15-10-22(3)31(33(27)38-34(28)32)30-19-24(20-35(5,6)7)18-23(4)37(30)9/h10-19,21H,20H2,1-7,9H3/q+1/i18D,19D,20D2. The van der Waals surface area contributed by atoms with E-state index in [2.05, 4.69) is 30.8 Å². The second kappa shape index (κ2) is 9.44. The van der Waals surface area contributed by atoms with Crippen molar-refractivity contribution in [3.63, 3.8) is 0 Å². The SMILES string of the molecule is [2H]c1c(C([2H])([2H])C(C)(C)C)c([2H])c(-c2c(C)ccc3c2oc2c(-c4ccc(C(C)C)cc4)c([N+]#[C-])ccc23)[n+](C)c1C. The van der Waals surface area contributed by atoms with Gasteiger partial charge in [-0.1, -0.05) is 83.1 Å². The summed E-state index contributed by atoms with van der Waals surface area (Å²) < 4.78 is 44.7. The molecular formula is C35H37N2O+. The van der Waals surface area contributed by atoms with Crippen LogP contribution in [0.2, 0.25) is 0 Å². The minimum absolute atomic E-state index is 0.0181. The molecule has 0 fully saturated rings. The van der Waals surface area contributed by atoms with Crippen LogP contribution in [0.5, 0.6) is 0 Å². The molecule has 0 radical (unpaired) electrons. The highest BCUT2D eigenvalue weighted by molar-refractivity contribution is 6.15. The molecule has 0 amide bonds. The Hall–Kier alpha value is -3.90. The number of aryl methyl sites for hydroxylation is 1. The van der Waals surface area contributed by atoms with Gasteiger partial charge >= 0.3 is 0 Å². The third kappa shape index (κ3) is 4.50. The van der Waals surface area contributed by atoms with E-state index >= 15 is 0 Å². The number of fused-ring (bicyclic) bond motifs is 3. The van der Waals surface area contributed by atoms with Crippen molar-refractivity contribution < 1.29 is 14.5 Å². The summed E-state index contributed by atoms with van der Waals surface area (Å²) in [6, 6.07) is 16.0. The summed E-state index contributed by atoms with van der Waals surface area (Å²) in [4.78, 5) is 3.83. The summed E-state index contributed by atoms with van der Waals surface area (Å²) in [5, 5.41) is 1.73. The molecule has 2 aromatic heterocycles. The summed E-state index contributed by atoms with van der Waals surface area (Å²) in [7, 11) is 1.82. The number of hydrogen-bond donors (Lipinski definition) is 0. The molecule has 0 atom stereocenters. The van der Waals surface area contributed by atoms with Crippen molar-refractivity contribution in [2.45, 2.75) is 60.8 Å². The lowest BCUT2D eigenvalue weighted by atomic mass is 9.87. The zero-order valence-corrected chi connectivity index (χ0v) is 23.5. The Labute approximate surface area is 232 Å². The van der Waals surface area contributed by atoms with E-state index in [0.717, 1.165) is 27.5 Å². The molecule has 5 rings (SSSR count). The van der Waals surface area contributed by atoms with Crippen LogP contribution in [0.15, 0.2) is 65.0 Å². The van der Waals surface area contributed by atoms with Gasteiger partial charge in [0.25, 0.3) is 0 Å². The molecule has 3 heteroatoms. The largest absolute Gasteiger partial charge is 0.456 e. The van der Waals surface area contributed by atoms with E-state index in [-0.39, 0.29) is 17.6 Å². The monoisotopic (exact) mass is 505 g/mol. The van der Waals surface area contributed by atoms with Gasteiger partial charge in [0.2, 0.25) is 5.69 Å². The zero-order chi connectivity index (χ0) is 30.9. The number of rotatable bonds is 4. The summed E-state index contributed by atoms with van der Waals surface area (Å²) >= 11 is 0. The van der Waals surface area contributed by atoms with Crippen molar-refractivity contribution in [2.24, 2.45) is 12.5 Å². The highest BCUT2D eigenvalue weighted by Gasteiger charge is 2.25. The lowest BCUT2D eigenvalue weighted by Crippen LogP contribution is -2.35. The predicted molar refractivity (Wildman–Crippen MR) is 159 cm³/mol. The molecule has 38 heavy (non-hydrogen) atoms. The van der Waals surface area contributed by atoms with Gasteiger partial charge in [-0.05, 0) is 46.9 Å². The minimum Gasteiger partial charge on any atom is -0.456 e. The smallest absolute Gasteiger partial charge is 0.216 e. The highest BCUT2D eigenvalue weighted by atomic mass is 16.3. The molecule has 0 bridgehead atoms. The maximum Gasteiger partial charge on any atom is 0.216 e. The number of pyridine rings is 1. The fourth-order valence-corrected chi connectivity index (χ4v) is 5.03. The second-order valence-corrected chi connectivity index (χ2v) is 11.5. The fourth-order valence-electron chi connectivity index (χ4n) is 5.03. The van der Waals surface area contributed by atoms with Gasteiger partial charge in [0.15, 0.2) is 11.4 Å². The first-order valence-electron chi connectivity index (χ1n) is 15.1. The molecule has 0 saturated heterocycles. The summed E-state index contributed by atoms with van der Waals surface area (Å²) in [5.41, 5.74) is 6.41. The van der Waals surface area contributed by atoms with E-state index in [1.54, 1.807) is 32.3 Å². The highest BCUT2D eigenvalue weighted by Crippen LogP contribution is 2.44. The van der Waals surface area contributed by atoms with Crippen molar-refractivity contribution in [1.82, 2.24) is 0 Å². The number of benzene rings is 3. The molecule has 0 unspecified atom stereocenters. The van der Waals surface area contributed by atoms with Crippen LogP contribution < -0.4 is 4.57 Å². The van der Waals surface area contributed by atoms with Crippen LogP contribution in [0.25, 0.3) is 49.2 Å². The molecule has 192 valence electrons. The van der Waals surface area contributed by atoms with Crippen molar-refractivity contribution in [3.8, 4) is 22.4 Å². The summed E-state index contributed by atoms with van der Waals surface area (Å²) in [5.74, 6) is 0.389. The van der Waals surface area contributed by atoms with E-state index in [1.807, 2.05) is 50.4 Å². The van der Waals surface area contributed by atoms with Gasteiger partial charge in [0, 0.05) is 38.1 Å². The Kier molecular flexibility index (Phi) is 5.24. The van der Waals surface area contributed by atoms with Crippen molar-refractivity contribution in [2.75, 3.05) is 0 Å². The second-order valence-electron chi connectivity index (χ2n) is 11.5. The van der Waals surface area contributed by atoms with Crippen molar-refractivity contribution in [3.05, 3.63) is 94.4 Å². The molecule has 5 aromatic rings. The Bertz CT molecular complexity index is 1920. The van der Waals surface area contributed by atoms with Crippen molar-refractivity contribution >= 4 is 27.6 Å². The molecule has 3 aromatic carbocycles. The van der Waals surface area contributed by atoms with Gasteiger partial charge in [0.05, 0.1) is 14.9 Å².